The molecule has 0 heterocycles. The number of rotatable bonds is 8. The van der Waals surface area contributed by atoms with E-state index in [0.717, 1.165) is 0 Å². The molecule has 11 heteroatoms. The van der Waals surface area contributed by atoms with Crippen LogP contribution in [0.15, 0.2) is 23.2 Å². The highest BCUT2D eigenvalue weighted by atomic mass is 127. The summed E-state index contributed by atoms with van der Waals surface area (Å²) in [5, 5.41) is 6.39. The second kappa shape index (κ2) is 11.8. The first-order valence-electron chi connectivity index (χ1n) is 7.49. The van der Waals surface area contributed by atoms with Crippen molar-refractivity contribution in [3.63, 3.8) is 0 Å². The summed E-state index contributed by atoms with van der Waals surface area (Å²) in [6.07, 6.45) is 1.59. The van der Waals surface area contributed by atoms with Crippen LogP contribution in [0.25, 0.3) is 0 Å². The predicted molar refractivity (Wildman–Crippen MR) is 111 cm³/mol. The van der Waals surface area contributed by atoms with Gasteiger partial charge in [0.2, 0.25) is 0 Å². The van der Waals surface area contributed by atoms with Crippen molar-refractivity contribution in [1.29, 1.82) is 0 Å². The SMILES string of the molecule is CN=C(NCc1cc(Cl)ccc1OC(F)F)NC(C)CCS(C)(=O)=O.I. The molecule has 0 aliphatic rings. The largest absolute Gasteiger partial charge is 0.434 e. The molecule has 0 saturated heterocycles. The highest BCUT2D eigenvalue weighted by Gasteiger charge is 2.12. The number of hydrogen-bond donors (Lipinski definition) is 2. The zero-order valence-corrected chi connectivity index (χ0v) is 18.5. The van der Waals surface area contributed by atoms with Gasteiger partial charge in [0.15, 0.2) is 5.96 Å². The number of nitrogens with one attached hydrogen (secondary N) is 2. The topological polar surface area (TPSA) is 79.8 Å². The molecule has 0 aliphatic heterocycles. The van der Waals surface area contributed by atoms with Crippen molar-refractivity contribution in [2.24, 2.45) is 4.99 Å². The van der Waals surface area contributed by atoms with Crippen LogP contribution in [0.4, 0.5) is 8.78 Å². The second-order valence-electron chi connectivity index (χ2n) is 5.52. The quantitative estimate of drug-likeness (QED) is 0.310. The Hall–Kier alpha value is -0.880. The number of alkyl halides is 2. The maximum Gasteiger partial charge on any atom is 0.387 e. The van der Waals surface area contributed by atoms with Crippen molar-refractivity contribution in [3.8, 4) is 5.75 Å². The van der Waals surface area contributed by atoms with E-state index in [1.165, 1.54) is 24.5 Å². The number of benzene rings is 1. The molecule has 0 radical (unpaired) electrons. The summed E-state index contributed by atoms with van der Waals surface area (Å²) in [4.78, 5) is 4.02. The number of nitrogens with zero attached hydrogens (tertiary/aromatic N) is 1. The van der Waals surface area contributed by atoms with Crippen molar-refractivity contribution in [2.75, 3.05) is 19.1 Å². The molecule has 0 aromatic heterocycles. The second-order valence-corrected chi connectivity index (χ2v) is 8.22. The minimum absolute atomic E-state index is 0. The van der Waals surface area contributed by atoms with Gasteiger partial charge in [0.25, 0.3) is 0 Å². The van der Waals surface area contributed by atoms with Crippen LogP contribution in [0.5, 0.6) is 5.75 Å². The Kier molecular flexibility index (Phi) is 11.4. The van der Waals surface area contributed by atoms with E-state index in [4.69, 9.17) is 11.6 Å². The molecule has 0 saturated carbocycles. The molecule has 0 aliphatic carbocycles. The Morgan fingerprint density at radius 2 is 2.04 bits per heavy atom. The maximum absolute atomic E-state index is 12.5. The molecule has 0 amide bonds. The van der Waals surface area contributed by atoms with E-state index in [1.54, 1.807) is 7.05 Å². The van der Waals surface area contributed by atoms with E-state index in [0.29, 0.717) is 23.0 Å². The third-order valence-corrected chi connectivity index (χ3v) is 4.43. The van der Waals surface area contributed by atoms with Crippen LogP contribution < -0.4 is 15.4 Å². The maximum atomic E-state index is 12.5. The minimum atomic E-state index is -3.04. The first-order chi connectivity index (χ1) is 11.6. The molecule has 0 spiro atoms. The van der Waals surface area contributed by atoms with Crippen molar-refractivity contribution in [2.45, 2.75) is 32.5 Å². The molecule has 26 heavy (non-hydrogen) atoms. The lowest BCUT2D eigenvalue weighted by atomic mass is 10.2. The van der Waals surface area contributed by atoms with E-state index < -0.39 is 16.4 Å². The molecule has 1 unspecified atom stereocenters. The Bertz CT molecular complexity index is 705. The number of ether oxygens (including phenoxy) is 1. The molecule has 1 aromatic carbocycles. The standard InChI is InChI=1S/C15H22ClF2N3O3S.HI/c1-10(6-7-25(3,22)23)21-15(19-2)20-9-11-8-12(16)4-5-13(11)24-14(17)18;/h4-5,8,10,14H,6-7,9H2,1-3H3,(H2,19,20,21);1H. The Morgan fingerprint density at radius 3 is 2.58 bits per heavy atom. The lowest BCUT2D eigenvalue weighted by Crippen LogP contribution is -2.42. The van der Waals surface area contributed by atoms with Crippen LogP contribution in [-0.4, -0.2) is 46.1 Å². The van der Waals surface area contributed by atoms with Gasteiger partial charge < -0.3 is 15.4 Å². The van der Waals surface area contributed by atoms with Crippen LogP contribution in [0.1, 0.15) is 18.9 Å². The van der Waals surface area contributed by atoms with Crippen LogP contribution in [0.3, 0.4) is 0 Å². The van der Waals surface area contributed by atoms with E-state index in [9.17, 15) is 17.2 Å². The summed E-state index contributed by atoms with van der Waals surface area (Å²) >= 11 is 5.90. The fourth-order valence-electron chi connectivity index (χ4n) is 1.97. The molecular weight excluding hydrogens is 503 g/mol. The van der Waals surface area contributed by atoms with Gasteiger partial charge in [-0.2, -0.15) is 8.78 Å². The van der Waals surface area contributed by atoms with E-state index in [1.807, 2.05) is 6.92 Å². The molecule has 2 N–H and O–H groups in total. The van der Waals surface area contributed by atoms with Gasteiger partial charge in [0.05, 0.1) is 5.75 Å². The zero-order valence-electron chi connectivity index (χ0n) is 14.6. The molecule has 1 aromatic rings. The van der Waals surface area contributed by atoms with Gasteiger partial charge in [-0.1, -0.05) is 11.6 Å². The Morgan fingerprint density at radius 1 is 1.38 bits per heavy atom. The van der Waals surface area contributed by atoms with Gasteiger partial charge in [-0.05, 0) is 31.5 Å². The van der Waals surface area contributed by atoms with E-state index in [2.05, 4.69) is 20.4 Å². The Labute approximate surface area is 174 Å². The molecule has 0 bridgehead atoms. The van der Waals surface area contributed by atoms with Crippen molar-refractivity contribution < 1.29 is 21.9 Å². The fraction of sp³-hybridized carbons (Fsp3) is 0.533. The number of sulfone groups is 1. The summed E-state index contributed by atoms with van der Waals surface area (Å²) in [6.45, 7) is -0.961. The summed E-state index contributed by atoms with van der Waals surface area (Å²) in [5.41, 5.74) is 0.444. The van der Waals surface area contributed by atoms with Gasteiger partial charge >= 0.3 is 6.61 Å². The van der Waals surface area contributed by atoms with Gasteiger partial charge in [0.1, 0.15) is 15.6 Å². The van der Waals surface area contributed by atoms with Gasteiger partial charge in [-0.25, -0.2) is 8.42 Å². The molecular formula is C15H23ClF2IN3O3S. The van der Waals surface area contributed by atoms with Crippen molar-refractivity contribution >= 4 is 51.4 Å². The average molecular weight is 526 g/mol. The number of hydrogen-bond acceptors (Lipinski definition) is 4. The highest BCUT2D eigenvalue weighted by Crippen LogP contribution is 2.24. The summed E-state index contributed by atoms with van der Waals surface area (Å²) in [6, 6.07) is 4.21. The molecule has 150 valence electrons. The number of guanidine groups is 1. The lowest BCUT2D eigenvalue weighted by molar-refractivity contribution is -0.0504. The normalized spacial score (nSPS) is 13.1. The zero-order chi connectivity index (χ0) is 19.0. The fourth-order valence-corrected chi connectivity index (χ4v) is 2.94. The van der Waals surface area contributed by atoms with E-state index in [-0.39, 0.29) is 48.1 Å². The van der Waals surface area contributed by atoms with E-state index >= 15 is 0 Å². The first kappa shape index (κ1) is 25.1. The summed E-state index contributed by atoms with van der Waals surface area (Å²) < 4.78 is 51.8. The first-order valence-corrected chi connectivity index (χ1v) is 9.92. The third kappa shape index (κ3) is 10.3. The Balaban J connectivity index is 0.00000625. The van der Waals surface area contributed by atoms with Gasteiger partial charge in [-0.3, -0.25) is 4.99 Å². The van der Waals surface area contributed by atoms with Crippen LogP contribution in [-0.2, 0) is 16.4 Å². The molecule has 6 nitrogen and oxygen atoms in total. The van der Waals surface area contributed by atoms with Crippen LogP contribution in [0, 0.1) is 0 Å². The van der Waals surface area contributed by atoms with Crippen molar-refractivity contribution in [1.82, 2.24) is 10.6 Å². The average Bonchev–Trinajstić information content (AvgIpc) is 2.50. The van der Waals surface area contributed by atoms with Crippen molar-refractivity contribution in [3.05, 3.63) is 28.8 Å². The summed E-state index contributed by atoms with van der Waals surface area (Å²) in [5.74, 6) is 0.482. The molecule has 0 fully saturated rings. The minimum Gasteiger partial charge on any atom is -0.434 e. The molecule has 1 rings (SSSR count). The van der Waals surface area contributed by atoms with Crippen LogP contribution >= 0.6 is 35.6 Å². The van der Waals surface area contributed by atoms with Gasteiger partial charge in [0, 0.05) is 36.5 Å². The monoisotopic (exact) mass is 525 g/mol. The smallest absolute Gasteiger partial charge is 0.387 e. The highest BCUT2D eigenvalue weighted by molar-refractivity contribution is 14.0. The van der Waals surface area contributed by atoms with Crippen LogP contribution in [0.2, 0.25) is 5.02 Å². The lowest BCUT2D eigenvalue weighted by Gasteiger charge is -2.18. The number of halogens is 4. The molecule has 1 atom stereocenters. The van der Waals surface area contributed by atoms with Gasteiger partial charge in [-0.15, -0.1) is 24.0 Å². The predicted octanol–water partition coefficient (Wildman–Crippen LogP) is 3.05. The third-order valence-electron chi connectivity index (χ3n) is 3.21. The number of aliphatic imine (C=N–C) groups is 1. The summed E-state index contributed by atoms with van der Waals surface area (Å²) in [7, 11) is -1.49.